The number of rotatable bonds is 3. The zero-order valence-electron chi connectivity index (χ0n) is 14.6. The molecule has 0 atom stereocenters. The highest BCUT2D eigenvalue weighted by Gasteiger charge is 2.19. The van der Waals surface area contributed by atoms with E-state index in [-0.39, 0.29) is 5.56 Å². The Morgan fingerprint density at radius 1 is 1.00 bits per heavy atom. The van der Waals surface area contributed by atoms with Gasteiger partial charge in [-0.2, -0.15) is 0 Å². The minimum atomic E-state index is 0.0909. The van der Waals surface area contributed by atoms with Crippen LogP contribution >= 0.6 is 0 Å². The van der Waals surface area contributed by atoms with Crippen LogP contribution in [0.3, 0.4) is 0 Å². The molecule has 0 amide bonds. The number of hydrogen-bond acceptors (Lipinski definition) is 5. The van der Waals surface area contributed by atoms with Gasteiger partial charge in [-0.1, -0.05) is 0 Å². The van der Waals surface area contributed by atoms with Crippen LogP contribution in [-0.4, -0.2) is 46.0 Å². The Kier molecular flexibility index (Phi) is 4.78. The fourth-order valence-electron chi connectivity index (χ4n) is 3.87. The molecule has 6 nitrogen and oxygen atoms in total. The molecule has 2 aromatic heterocycles. The lowest BCUT2D eigenvalue weighted by Crippen LogP contribution is -2.33. The molecule has 0 aromatic carbocycles. The van der Waals surface area contributed by atoms with Crippen LogP contribution in [-0.2, 0) is 19.4 Å². The molecule has 132 valence electrons. The van der Waals surface area contributed by atoms with Crippen molar-refractivity contribution in [2.75, 3.05) is 31.1 Å². The Labute approximate surface area is 147 Å². The number of aromatic amines is 1. The third-order valence-corrected chi connectivity index (χ3v) is 5.23. The number of aromatic nitrogens is 3. The van der Waals surface area contributed by atoms with Gasteiger partial charge in [-0.05, 0) is 49.8 Å². The van der Waals surface area contributed by atoms with E-state index in [1.54, 1.807) is 12.4 Å². The first-order valence-corrected chi connectivity index (χ1v) is 9.28. The number of pyridine rings is 1. The monoisotopic (exact) mass is 339 g/mol. The van der Waals surface area contributed by atoms with Crippen molar-refractivity contribution in [3.05, 3.63) is 51.7 Å². The van der Waals surface area contributed by atoms with E-state index in [0.717, 1.165) is 69.2 Å². The maximum atomic E-state index is 12.4. The van der Waals surface area contributed by atoms with Crippen molar-refractivity contribution in [2.45, 2.75) is 38.6 Å². The molecule has 3 heterocycles. The average molecular weight is 339 g/mol. The van der Waals surface area contributed by atoms with E-state index in [2.05, 4.69) is 30.8 Å². The topological polar surface area (TPSA) is 65.1 Å². The molecule has 0 saturated carbocycles. The van der Waals surface area contributed by atoms with Crippen LogP contribution in [0.1, 0.15) is 36.1 Å². The summed E-state index contributed by atoms with van der Waals surface area (Å²) < 4.78 is 0. The summed E-state index contributed by atoms with van der Waals surface area (Å²) >= 11 is 0. The zero-order chi connectivity index (χ0) is 17.1. The normalized spacial score (nSPS) is 18.6. The number of aryl methyl sites for hydroxylation is 2. The van der Waals surface area contributed by atoms with Crippen LogP contribution in [0.4, 0.5) is 5.95 Å². The third-order valence-electron chi connectivity index (χ3n) is 5.23. The second-order valence-electron chi connectivity index (χ2n) is 7.00. The molecule has 6 heteroatoms. The Morgan fingerprint density at radius 2 is 1.84 bits per heavy atom. The molecule has 1 aliphatic heterocycles. The highest BCUT2D eigenvalue weighted by atomic mass is 16.1. The zero-order valence-corrected chi connectivity index (χ0v) is 14.6. The lowest BCUT2D eigenvalue weighted by atomic mass is 9.95. The van der Waals surface area contributed by atoms with Gasteiger partial charge in [0.05, 0.1) is 0 Å². The van der Waals surface area contributed by atoms with Crippen molar-refractivity contribution in [3.8, 4) is 0 Å². The van der Waals surface area contributed by atoms with Crippen LogP contribution in [0.2, 0.25) is 0 Å². The molecule has 1 N–H and O–H groups in total. The minimum absolute atomic E-state index is 0.0909. The molecule has 0 radical (unpaired) electrons. The van der Waals surface area contributed by atoms with E-state index in [4.69, 9.17) is 0 Å². The third kappa shape index (κ3) is 3.74. The first-order chi connectivity index (χ1) is 12.3. The standard InChI is InChI=1S/C19H25N5O/c25-18-16(13-15-5-1-2-6-17(15)22-18)14-23-9-4-10-24(12-11-23)19-20-7-3-8-21-19/h3,7-8,13H,1-2,4-6,9-12,14H2,(H,22,25). The van der Waals surface area contributed by atoms with Gasteiger partial charge in [0.25, 0.3) is 5.56 Å². The molecular weight excluding hydrogens is 314 g/mol. The molecule has 4 rings (SSSR count). The fraction of sp³-hybridized carbons (Fsp3) is 0.526. The predicted molar refractivity (Wildman–Crippen MR) is 97.8 cm³/mol. The van der Waals surface area contributed by atoms with Crippen molar-refractivity contribution in [3.63, 3.8) is 0 Å². The van der Waals surface area contributed by atoms with E-state index in [0.29, 0.717) is 0 Å². The Bertz CT molecular complexity index is 773. The number of hydrogen-bond donors (Lipinski definition) is 1. The highest BCUT2D eigenvalue weighted by molar-refractivity contribution is 5.29. The second kappa shape index (κ2) is 7.35. The van der Waals surface area contributed by atoms with Gasteiger partial charge in [0.2, 0.25) is 5.95 Å². The maximum Gasteiger partial charge on any atom is 0.252 e. The molecular formula is C19H25N5O. The van der Waals surface area contributed by atoms with Crippen molar-refractivity contribution in [1.29, 1.82) is 0 Å². The van der Waals surface area contributed by atoms with Gasteiger partial charge in [-0.25, -0.2) is 9.97 Å². The van der Waals surface area contributed by atoms with E-state index in [1.807, 2.05) is 6.07 Å². The van der Waals surface area contributed by atoms with Gasteiger partial charge in [0.15, 0.2) is 0 Å². The second-order valence-corrected chi connectivity index (χ2v) is 7.00. The van der Waals surface area contributed by atoms with Gasteiger partial charge in [-0.15, -0.1) is 0 Å². The minimum Gasteiger partial charge on any atom is -0.339 e. The molecule has 2 aromatic rings. The Morgan fingerprint density at radius 3 is 2.72 bits per heavy atom. The summed E-state index contributed by atoms with van der Waals surface area (Å²) in [5.41, 5.74) is 3.50. The molecule has 0 spiro atoms. The van der Waals surface area contributed by atoms with Gasteiger partial charge >= 0.3 is 0 Å². The van der Waals surface area contributed by atoms with Crippen molar-refractivity contribution in [1.82, 2.24) is 19.9 Å². The van der Waals surface area contributed by atoms with Gasteiger partial charge < -0.3 is 9.88 Å². The first kappa shape index (κ1) is 16.3. The lowest BCUT2D eigenvalue weighted by Gasteiger charge is -2.22. The summed E-state index contributed by atoms with van der Waals surface area (Å²) in [7, 11) is 0. The SMILES string of the molecule is O=c1[nH]c2c(cc1CN1CCCN(c3ncccn3)CC1)CCCC2. The lowest BCUT2D eigenvalue weighted by molar-refractivity contribution is 0.284. The summed E-state index contributed by atoms with van der Waals surface area (Å²) in [4.78, 5) is 28.9. The first-order valence-electron chi connectivity index (χ1n) is 9.28. The summed E-state index contributed by atoms with van der Waals surface area (Å²) in [6.45, 7) is 4.51. The average Bonchev–Trinajstić information content (AvgIpc) is 2.89. The smallest absolute Gasteiger partial charge is 0.252 e. The van der Waals surface area contributed by atoms with E-state index in [9.17, 15) is 4.79 Å². The Balaban J connectivity index is 1.44. The van der Waals surface area contributed by atoms with Crippen molar-refractivity contribution in [2.24, 2.45) is 0 Å². The van der Waals surface area contributed by atoms with Gasteiger partial charge in [0, 0.05) is 56.4 Å². The van der Waals surface area contributed by atoms with Crippen LogP contribution < -0.4 is 10.5 Å². The fourth-order valence-corrected chi connectivity index (χ4v) is 3.87. The number of fused-ring (bicyclic) bond motifs is 1. The Hall–Kier alpha value is -2.21. The molecule has 0 bridgehead atoms. The van der Waals surface area contributed by atoms with E-state index in [1.165, 1.54) is 18.4 Å². The van der Waals surface area contributed by atoms with E-state index < -0.39 is 0 Å². The predicted octanol–water partition coefficient (Wildman–Crippen LogP) is 1.76. The highest BCUT2D eigenvalue weighted by Crippen LogP contribution is 2.19. The maximum absolute atomic E-state index is 12.4. The number of anilines is 1. The summed E-state index contributed by atoms with van der Waals surface area (Å²) in [5.74, 6) is 0.802. The quantitative estimate of drug-likeness (QED) is 0.923. The largest absolute Gasteiger partial charge is 0.339 e. The summed E-state index contributed by atoms with van der Waals surface area (Å²) in [6.07, 6.45) is 9.16. The van der Waals surface area contributed by atoms with Crippen molar-refractivity contribution >= 4 is 5.95 Å². The summed E-state index contributed by atoms with van der Waals surface area (Å²) in [5, 5.41) is 0. The molecule has 0 unspecified atom stereocenters. The number of H-pyrrole nitrogens is 1. The molecule has 25 heavy (non-hydrogen) atoms. The molecule has 1 fully saturated rings. The van der Waals surface area contributed by atoms with Gasteiger partial charge in [0.1, 0.15) is 0 Å². The molecule has 1 aliphatic carbocycles. The van der Waals surface area contributed by atoms with Crippen LogP contribution in [0.5, 0.6) is 0 Å². The van der Waals surface area contributed by atoms with Gasteiger partial charge in [-0.3, -0.25) is 9.69 Å². The van der Waals surface area contributed by atoms with Crippen LogP contribution in [0.25, 0.3) is 0 Å². The summed E-state index contributed by atoms with van der Waals surface area (Å²) in [6, 6.07) is 3.99. The molecule has 1 saturated heterocycles. The van der Waals surface area contributed by atoms with Crippen LogP contribution in [0.15, 0.2) is 29.3 Å². The van der Waals surface area contributed by atoms with E-state index >= 15 is 0 Å². The molecule has 2 aliphatic rings. The number of nitrogens with zero attached hydrogens (tertiary/aromatic N) is 4. The van der Waals surface area contributed by atoms with Crippen LogP contribution in [0, 0.1) is 0 Å². The number of nitrogens with one attached hydrogen (secondary N) is 1. The van der Waals surface area contributed by atoms with Crippen molar-refractivity contribution < 1.29 is 0 Å².